The van der Waals surface area contributed by atoms with E-state index in [9.17, 15) is 18.0 Å². The van der Waals surface area contributed by atoms with Crippen LogP contribution in [0.3, 0.4) is 0 Å². The van der Waals surface area contributed by atoms with Crippen molar-refractivity contribution in [3.05, 3.63) is 126 Å². The van der Waals surface area contributed by atoms with Gasteiger partial charge in [-0.25, -0.2) is 8.42 Å². The van der Waals surface area contributed by atoms with E-state index in [0.717, 1.165) is 33.3 Å². The van der Waals surface area contributed by atoms with E-state index in [2.05, 4.69) is 15.2 Å². The maximum absolute atomic E-state index is 14.2. The van der Waals surface area contributed by atoms with E-state index in [4.69, 9.17) is 0 Å². The van der Waals surface area contributed by atoms with Crippen molar-refractivity contribution in [2.24, 2.45) is 5.92 Å². The van der Waals surface area contributed by atoms with E-state index in [1.54, 1.807) is 29.2 Å². The molecule has 6 rings (SSSR count). The summed E-state index contributed by atoms with van der Waals surface area (Å²) in [6.45, 7) is 3.94. The Balaban J connectivity index is 1.47. The Morgan fingerprint density at radius 3 is 2.21 bits per heavy atom. The maximum Gasteiger partial charge on any atom is 0.257 e. The molecule has 2 unspecified atom stereocenters. The molecule has 0 fully saturated rings. The van der Waals surface area contributed by atoms with Crippen molar-refractivity contribution < 1.29 is 18.0 Å². The quantitative estimate of drug-likeness (QED) is 0.188. The number of sulfonamides is 1. The zero-order valence-corrected chi connectivity index (χ0v) is 24.6. The molecule has 4 aromatic carbocycles. The van der Waals surface area contributed by atoms with Gasteiger partial charge in [-0.1, -0.05) is 98.8 Å². The Hall–Kier alpha value is -4.73. The lowest BCUT2D eigenvalue weighted by molar-refractivity contribution is -0.127. The molecule has 0 spiro atoms. The molecule has 0 aliphatic carbocycles. The molecule has 5 aromatic rings. The van der Waals surface area contributed by atoms with Crippen LogP contribution in [0, 0.1) is 5.92 Å². The van der Waals surface area contributed by atoms with Gasteiger partial charge in [0, 0.05) is 22.0 Å². The number of para-hydroxylation sites is 1. The molecular formula is C34H32N4O4S. The summed E-state index contributed by atoms with van der Waals surface area (Å²) in [6.07, 6.45) is 0.318. The van der Waals surface area contributed by atoms with E-state index in [1.807, 2.05) is 86.6 Å². The summed E-state index contributed by atoms with van der Waals surface area (Å²) in [7, 11) is -4.03. The molecule has 1 aliphatic rings. The molecule has 1 aliphatic heterocycles. The zero-order chi connectivity index (χ0) is 30.1. The molecule has 1 aromatic heterocycles. The molecule has 43 heavy (non-hydrogen) atoms. The van der Waals surface area contributed by atoms with Gasteiger partial charge in [-0.3, -0.25) is 15.0 Å². The minimum absolute atomic E-state index is 0.0181. The standard InChI is InChI=1S/C34H32N4O4S/c1-22(2)21-29(33(39)36-37-43(41,42)24-15-7-4-8-16-24)38-32(25-17-9-10-18-26(25)34(38)40)30-27-19-11-12-20-28(27)35-31(30)23-13-5-3-6-14-23/h3-20,22,29,32,35,37H,21H2,1-2H3,(H,36,39). The first-order valence-electron chi connectivity index (χ1n) is 14.2. The summed E-state index contributed by atoms with van der Waals surface area (Å²) in [5.41, 5.74) is 7.33. The van der Waals surface area contributed by atoms with Gasteiger partial charge in [0.05, 0.1) is 16.6 Å². The largest absolute Gasteiger partial charge is 0.354 e. The van der Waals surface area contributed by atoms with Gasteiger partial charge in [0.15, 0.2) is 0 Å². The number of aromatic nitrogens is 1. The second kappa shape index (κ2) is 11.5. The van der Waals surface area contributed by atoms with Crippen molar-refractivity contribution in [1.29, 1.82) is 0 Å². The SMILES string of the molecule is CC(C)CC(C(=O)NNS(=O)(=O)c1ccccc1)N1C(=O)c2ccccc2C1c1c(-c2ccccc2)[nH]c2ccccc12. The monoisotopic (exact) mass is 592 g/mol. The van der Waals surface area contributed by atoms with Crippen molar-refractivity contribution in [2.75, 3.05) is 0 Å². The third-order valence-electron chi connectivity index (χ3n) is 7.78. The van der Waals surface area contributed by atoms with Gasteiger partial charge in [-0.05, 0) is 47.7 Å². The van der Waals surface area contributed by atoms with Gasteiger partial charge in [-0.15, -0.1) is 4.83 Å². The summed E-state index contributed by atoms with van der Waals surface area (Å²) in [5.74, 6) is -0.868. The van der Waals surface area contributed by atoms with E-state index in [-0.39, 0.29) is 16.7 Å². The Bertz CT molecular complexity index is 1900. The summed E-state index contributed by atoms with van der Waals surface area (Å²) in [6, 6.07) is 31.5. The fraction of sp³-hybridized carbons (Fsp3) is 0.176. The Labute approximate surface area is 250 Å². The van der Waals surface area contributed by atoms with Crippen LogP contribution < -0.4 is 10.3 Å². The number of carbonyl (C=O) groups excluding carboxylic acids is 2. The lowest BCUT2D eigenvalue weighted by atomic mass is 9.91. The average Bonchev–Trinajstić information content (AvgIpc) is 3.54. The molecule has 2 atom stereocenters. The van der Waals surface area contributed by atoms with Crippen molar-refractivity contribution in [1.82, 2.24) is 20.1 Å². The smallest absolute Gasteiger partial charge is 0.257 e. The molecule has 9 heteroatoms. The number of nitrogens with zero attached hydrogens (tertiary/aromatic N) is 1. The summed E-state index contributed by atoms with van der Waals surface area (Å²) in [5, 5.41) is 0.939. The Morgan fingerprint density at radius 2 is 1.49 bits per heavy atom. The first-order chi connectivity index (χ1) is 20.8. The molecule has 0 saturated carbocycles. The molecule has 8 nitrogen and oxygen atoms in total. The van der Waals surface area contributed by atoms with Gasteiger partial charge >= 0.3 is 0 Å². The summed E-state index contributed by atoms with van der Waals surface area (Å²) >= 11 is 0. The molecule has 0 radical (unpaired) electrons. The highest BCUT2D eigenvalue weighted by atomic mass is 32.2. The molecule has 0 saturated heterocycles. The van der Waals surface area contributed by atoms with Crippen LogP contribution in [0.25, 0.3) is 22.2 Å². The van der Waals surface area contributed by atoms with Crippen LogP contribution in [0.5, 0.6) is 0 Å². The van der Waals surface area contributed by atoms with Gasteiger partial charge < -0.3 is 9.88 Å². The number of hydrogen-bond donors (Lipinski definition) is 3. The minimum atomic E-state index is -4.03. The number of nitrogens with one attached hydrogen (secondary N) is 3. The number of amides is 2. The third-order valence-corrected chi connectivity index (χ3v) is 9.04. The topological polar surface area (TPSA) is 111 Å². The van der Waals surface area contributed by atoms with Crippen LogP contribution in [0.1, 0.15) is 47.8 Å². The second-order valence-corrected chi connectivity index (χ2v) is 12.8. The van der Waals surface area contributed by atoms with E-state index in [1.165, 1.54) is 12.1 Å². The second-order valence-electron chi connectivity index (χ2n) is 11.1. The Morgan fingerprint density at radius 1 is 0.860 bits per heavy atom. The van der Waals surface area contributed by atoms with Crippen LogP contribution >= 0.6 is 0 Å². The molecular weight excluding hydrogens is 560 g/mol. The number of hydrogen-bond acceptors (Lipinski definition) is 4. The maximum atomic E-state index is 14.2. The van der Waals surface area contributed by atoms with Crippen LogP contribution in [-0.4, -0.2) is 36.2 Å². The van der Waals surface area contributed by atoms with Crippen molar-refractivity contribution in [3.8, 4) is 11.3 Å². The van der Waals surface area contributed by atoms with E-state index in [0.29, 0.717) is 12.0 Å². The van der Waals surface area contributed by atoms with E-state index < -0.39 is 28.0 Å². The van der Waals surface area contributed by atoms with Crippen molar-refractivity contribution in [3.63, 3.8) is 0 Å². The number of fused-ring (bicyclic) bond motifs is 2. The summed E-state index contributed by atoms with van der Waals surface area (Å²) in [4.78, 5) is 35.6. The third kappa shape index (κ3) is 5.33. The predicted molar refractivity (Wildman–Crippen MR) is 166 cm³/mol. The average molecular weight is 593 g/mol. The molecule has 218 valence electrons. The van der Waals surface area contributed by atoms with Gasteiger partial charge in [-0.2, -0.15) is 0 Å². The van der Waals surface area contributed by atoms with Crippen LogP contribution in [0.4, 0.5) is 0 Å². The van der Waals surface area contributed by atoms with E-state index >= 15 is 0 Å². The number of H-pyrrole nitrogens is 1. The summed E-state index contributed by atoms with van der Waals surface area (Å²) < 4.78 is 25.9. The predicted octanol–water partition coefficient (Wildman–Crippen LogP) is 5.80. The lowest BCUT2D eigenvalue weighted by Gasteiger charge is -2.34. The zero-order valence-electron chi connectivity index (χ0n) is 23.8. The highest BCUT2D eigenvalue weighted by Gasteiger charge is 2.46. The number of rotatable bonds is 9. The highest BCUT2D eigenvalue weighted by Crippen LogP contribution is 2.46. The first-order valence-corrected chi connectivity index (χ1v) is 15.7. The van der Waals surface area contributed by atoms with Crippen LogP contribution in [0.15, 0.2) is 114 Å². The lowest BCUT2D eigenvalue weighted by Crippen LogP contribution is -2.53. The number of benzene rings is 4. The minimum Gasteiger partial charge on any atom is -0.354 e. The molecule has 2 amide bonds. The van der Waals surface area contributed by atoms with Crippen molar-refractivity contribution >= 4 is 32.7 Å². The van der Waals surface area contributed by atoms with Gasteiger partial charge in [0.2, 0.25) is 0 Å². The highest BCUT2D eigenvalue weighted by molar-refractivity contribution is 7.89. The number of carbonyl (C=O) groups is 2. The normalized spacial score (nSPS) is 15.6. The molecule has 3 N–H and O–H groups in total. The molecule has 2 heterocycles. The van der Waals surface area contributed by atoms with Gasteiger partial charge in [0.1, 0.15) is 6.04 Å². The van der Waals surface area contributed by atoms with Crippen molar-refractivity contribution in [2.45, 2.75) is 37.2 Å². The first kappa shape index (κ1) is 28.4. The van der Waals surface area contributed by atoms with Crippen LogP contribution in [0.2, 0.25) is 0 Å². The fourth-order valence-corrected chi connectivity index (χ4v) is 6.75. The fourth-order valence-electron chi connectivity index (χ4n) is 5.89. The Kier molecular flexibility index (Phi) is 7.60. The number of hydrazine groups is 1. The molecule has 0 bridgehead atoms. The van der Waals surface area contributed by atoms with Gasteiger partial charge in [0.25, 0.3) is 21.8 Å². The number of aromatic amines is 1. The van der Waals surface area contributed by atoms with Crippen LogP contribution in [-0.2, 0) is 14.8 Å².